The number of carbonyl (C=O) groups is 1. The number of rotatable bonds is 9. The van der Waals surface area contributed by atoms with Gasteiger partial charge in [-0.05, 0) is 42.5 Å². The van der Waals surface area contributed by atoms with E-state index in [1.165, 1.54) is 24.9 Å². The Labute approximate surface area is 220 Å². The van der Waals surface area contributed by atoms with Crippen LogP contribution < -0.4 is 15.4 Å². The fourth-order valence-corrected chi connectivity index (χ4v) is 4.38. The van der Waals surface area contributed by atoms with E-state index in [1.54, 1.807) is 28.8 Å². The fourth-order valence-electron chi connectivity index (χ4n) is 3.42. The molecule has 7 nitrogen and oxygen atoms in total. The normalized spacial score (nSPS) is 11.3. The van der Waals surface area contributed by atoms with Gasteiger partial charge in [0.05, 0.1) is 41.4 Å². The Morgan fingerprint density at radius 3 is 2.49 bits per heavy atom. The van der Waals surface area contributed by atoms with Gasteiger partial charge in [0.15, 0.2) is 11.0 Å². The van der Waals surface area contributed by atoms with Crippen LogP contribution in [0.15, 0.2) is 78.0 Å². The minimum atomic E-state index is -4.50. The maximum Gasteiger partial charge on any atom is 0.416 e. The van der Waals surface area contributed by atoms with Crippen LogP contribution in [0.4, 0.5) is 24.5 Å². The van der Waals surface area contributed by atoms with Crippen LogP contribution in [-0.4, -0.2) is 33.5 Å². The van der Waals surface area contributed by atoms with Gasteiger partial charge in [0.1, 0.15) is 5.75 Å². The number of amides is 1. The number of para-hydroxylation sites is 3. The topological polar surface area (TPSA) is 81.1 Å². The molecule has 2 N–H and O–H groups in total. The van der Waals surface area contributed by atoms with Crippen LogP contribution in [0.25, 0.3) is 5.69 Å². The summed E-state index contributed by atoms with van der Waals surface area (Å²) >= 11 is 7.29. The summed E-state index contributed by atoms with van der Waals surface area (Å²) in [4.78, 5) is 12.6. The molecule has 37 heavy (non-hydrogen) atoms. The third kappa shape index (κ3) is 6.55. The molecule has 3 aromatic carbocycles. The third-order valence-corrected chi connectivity index (χ3v) is 6.42. The standard InChI is InChI=1S/C25H21ClF3N5O2S/c1-36-21-10-6-5-9-19(21)31-23(35)15-37-24-33-32-22(34(24)17-7-3-2-4-8-17)14-30-20-13-16(25(27,28)29)11-12-18(20)26/h2-13,30H,14-15H2,1H3,(H,31,35). The number of methoxy groups -OCH3 is 1. The zero-order valence-corrected chi connectivity index (χ0v) is 21.0. The van der Waals surface area contributed by atoms with E-state index in [1.807, 2.05) is 30.3 Å². The summed E-state index contributed by atoms with van der Waals surface area (Å²) in [7, 11) is 1.52. The minimum Gasteiger partial charge on any atom is -0.495 e. The molecule has 4 aromatic rings. The quantitative estimate of drug-likeness (QED) is 0.240. The van der Waals surface area contributed by atoms with Gasteiger partial charge in [-0.3, -0.25) is 9.36 Å². The number of alkyl halides is 3. The van der Waals surface area contributed by atoms with Crippen LogP contribution in [0, 0.1) is 0 Å². The van der Waals surface area contributed by atoms with E-state index < -0.39 is 11.7 Å². The number of carbonyl (C=O) groups excluding carboxylic acids is 1. The van der Waals surface area contributed by atoms with Crippen molar-refractivity contribution in [2.45, 2.75) is 17.9 Å². The van der Waals surface area contributed by atoms with Crippen molar-refractivity contribution in [2.75, 3.05) is 23.5 Å². The van der Waals surface area contributed by atoms with Crippen LogP contribution in [0.1, 0.15) is 11.4 Å². The number of hydrogen-bond acceptors (Lipinski definition) is 6. The Bertz CT molecular complexity index is 1380. The van der Waals surface area contributed by atoms with Crippen molar-refractivity contribution in [3.05, 3.63) is 89.2 Å². The molecule has 0 aliphatic rings. The highest BCUT2D eigenvalue weighted by molar-refractivity contribution is 7.99. The summed E-state index contributed by atoms with van der Waals surface area (Å²) in [6.45, 7) is 0.0386. The molecule has 0 unspecified atom stereocenters. The second kappa shape index (κ2) is 11.6. The van der Waals surface area contributed by atoms with Gasteiger partial charge < -0.3 is 15.4 Å². The number of thioether (sulfide) groups is 1. The Kier molecular flexibility index (Phi) is 8.24. The molecular weight excluding hydrogens is 527 g/mol. The maximum absolute atomic E-state index is 13.1. The smallest absolute Gasteiger partial charge is 0.416 e. The Morgan fingerprint density at radius 2 is 1.76 bits per heavy atom. The lowest BCUT2D eigenvalue weighted by Crippen LogP contribution is -2.15. The van der Waals surface area contributed by atoms with Gasteiger partial charge in [0.25, 0.3) is 0 Å². The molecule has 192 valence electrons. The molecule has 12 heteroatoms. The molecule has 0 saturated heterocycles. The second-order valence-electron chi connectivity index (χ2n) is 7.65. The Hall–Kier alpha value is -3.70. The van der Waals surface area contributed by atoms with Crippen molar-refractivity contribution in [2.24, 2.45) is 0 Å². The minimum absolute atomic E-state index is 0.0376. The molecule has 1 amide bonds. The number of anilines is 2. The molecule has 0 radical (unpaired) electrons. The van der Waals surface area contributed by atoms with Gasteiger partial charge in [0, 0.05) is 5.69 Å². The number of hydrogen-bond donors (Lipinski definition) is 2. The summed E-state index contributed by atoms with van der Waals surface area (Å²) < 4.78 is 46.4. The molecule has 1 aromatic heterocycles. The predicted octanol–water partition coefficient (Wildman–Crippen LogP) is 6.29. The first-order valence-electron chi connectivity index (χ1n) is 10.9. The Morgan fingerprint density at radius 1 is 1.03 bits per heavy atom. The summed E-state index contributed by atoms with van der Waals surface area (Å²) in [6, 6.07) is 19.3. The van der Waals surface area contributed by atoms with Crippen molar-refractivity contribution in [1.82, 2.24) is 14.8 Å². The molecule has 0 spiro atoms. The number of halogens is 4. The average molecular weight is 548 g/mol. The number of ether oxygens (including phenoxy) is 1. The number of nitrogens with one attached hydrogen (secondary N) is 2. The van der Waals surface area contributed by atoms with Crippen LogP contribution in [-0.2, 0) is 17.5 Å². The lowest BCUT2D eigenvalue weighted by atomic mass is 10.2. The SMILES string of the molecule is COc1ccccc1NC(=O)CSc1nnc(CNc2cc(C(F)(F)F)ccc2Cl)n1-c1ccccc1. The van der Waals surface area contributed by atoms with Gasteiger partial charge in [-0.15, -0.1) is 10.2 Å². The van der Waals surface area contributed by atoms with E-state index in [0.717, 1.165) is 17.8 Å². The fraction of sp³-hybridized carbons (Fsp3) is 0.160. The average Bonchev–Trinajstić information content (AvgIpc) is 3.30. The van der Waals surface area contributed by atoms with Crippen molar-refractivity contribution in [3.8, 4) is 11.4 Å². The maximum atomic E-state index is 13.1. The summed E-state index contributed by atoms with van der Waals surface area (Å²) in [5, 5.41) is 14.7. The second-order valence-corrected chi connectivity index (χ2v) is 9.00. The van der Waals surface area contributed by atoms with Crippen LogP contribution in [0.3, 0.4) is 0 Å². The first kappa shape index (κ1) is 26.4. The van der Waals surface area contributed by atoms with Crippen LogP contribution in [0.5, 0.6) is 5.75 Å². The van der Waals surface area contributed by atoms with E-state index in [0.29, 0.717) is 22.4 Å². The number of aromatic nitrogens is 3. The molecule has 0 fully saturated rings. The lowest BCUT2D eigenvalue weighted by Gasteiger charge is -2.14. The first-order valence-corrected chi connectivity index (χ1v) is 12.3. The highest BCUT2D eigenvalue weighted by Gasteiger charge is 2.31. The monoisotopic (exact) mass is 547 g/mol. The molecule has 0 atom stereocenters. The first-order chi connectivity index (χ1) is 17.8. The highest BCUT2D eigenvalue weighted by Crippen LogP contribution is 2.34. The van der Waals surface area contributed by atoms with Gasteiger partial charge in [-0.2, -0.15) is 13.2 Å². The largest absolute Gasteiger partial charge is 0.495 e. The predicted molar refractivity (Wildman–Crippen MR) is 137 cm³/mol. The van der Waals surface area contributed by atoms with Gasteiger partial charge in [-0.25, -0.2) is 0 Å². The summed E-state index contributed by atoms with van der Waals surface area (Å²) in [5.74, 6) is 0.727. The van der Waals surface area contributed by atoms with E-state index in [4.69, 9.17) is 16.3 Å². The molecule has 0 bridgehead atoms. The van der Waals surface area contributed by atoms with Crippen molar-refractivity contribution in [1.29, 1.82) is 0 Å². The zero-order chi connectivity index (χ0) is 26.4. The van der Waals surface area contributed by atoms with Crippen molar-refractivity contribution < 1.29 is 22.7 Å². The molecule has 0 aliphatic heterocycles. The summed E-state index contributed by atoms with van der Waals surface area (Å²) in [5.41, 5.74) is 0.570. The summed E-state index contributed by atoms with van der Waals surface area (Å²) in [6.07, 6.45) is -4.50. The molecule has 1 heterocycles. The van der Waals surface area contributed by atoms with Crippen LogP contribution >= 0.6 is 23.4 Å². The van der Waals surface area contributed by atoms with Gasteiger partial charge >= 0.3 is 6.18 Å². The Balaban J connectivity index is 1.53. The number of benzene rings is 3. The van der Waals surface area contributed by atoms with Gasteiger partial charge in [0.2, 0.25) is 5.91 Å². The van der Waals surface area contributed by atoms with E-state index in [2.05, 4.69) is 20.8 Å². The molecule has 4 rings (SSSR count). The van der Waals surface area contributed by atoms with E-state index in [-0.39, 0.29) is 28.9 Å². The molecular formula is C25H21ClF3N5O2S. The van der Waals surface area contributed by atoms with E-state index in [9.17, 15) is 18.0 Å². The van der Waals surface area contributed by atoms with E-state index >= 15 is 0 Å². The highest BCUT2D eigenvalue weighted by atomic mass is 35.5. The van der Waals surface area contributed by atoms with Gasteiger partial charge in [-0.1, -0.05) is 53.7 Å². The van der Waals surface area contributed by atoms with Crippen molar-refractivity contribution >= 4 is 40.6 Å². The third-order valence-electron chi connectivity index (χ3n) is 5.16. The van der Waals surface area contributed by atoms with Crippen molar-refractivity contribution in [3.63, 3.8) is 0 Å². The molecule has 0 saturated carbocycles. The number of nitrogens with zero attached hydrogens (tertiary/aromatic N) is 3. The molecule has 0 aliphatic carbocycles. The lowest BCUT2D eigenvalue weighted by molar-refractivity contribution is -0.137. The zero-order valence-electron chi connectivity index (χ0n) is 19.4. The van der Waals surface area contributed by atoms with Crippen LogP contribution in [0.2, 0.25) is 5.02 Å².